The second-order valence-electron chi connectivity index (χ2n) is 6.97. The molecule has 1 amide bonds. The van der Waals surface area contributed by atoms with Crippen LogP contribution in [0.3, 0.4) is 0 Å². The molecular formula is C21H28N4O3. The number of rotatable bonds is 7. The Balaban J connectivity index is 1.78. The summed E-state index contributed by atoms with van der Waals surface area (Å²) in [5.74, 6) is 1.91. The van der Waals surface area contributed by atoms with E-state index in [2.05, 4.69) is 16.9 Å². The summed E-state index contributed by atoms with van der Waals surface area (Å²) in [5.41, 5.74) is 2.69. The average Bonchev–Trinajstić information content (AvgIpc) is 2.75. The van der Waals surface area contributed by atoms with Gasteiger partial charge in [-0.3, -0.25) is 4.79 Å². The molecule has 0 bridgehead atoms. The van der Waals surface area contributed by atoms with Crippen molar-refractivity contribution in [3.05, 3.63) is 41.2 Å². The first-order valence-electron chi connectivity index (χ1n) is 9.64. The van der Waals surface area contributed by atoms with Crippen molar-refractivity contribution in [2.45, 2.75) is 32.7 Å². The predicted molar refractivity (Wildman–Crippen MR) is 108 cm³/mol. The molecule has 0 spiro atoms. The molecule has 1 aliphatic rings. The Hall–Kier alpha value is -2.83. The molecule has 3 rings (SSSR count). The molecule has 1 aromatic carbocycles. The number of hydrogen-bond acceptors (Lipinski definition) is 6. The van der Waals surface area contributed by atoms with Crippen molar-refractivity contribution in [2.75, 3.05) is 39.3 Å². The number of nitrogens with zero attached hydrogens (tertiary/aromatic N) is 4. The fourth-order valence-electron chi connectivity index (χ4n) is 3.37. The Morgan fingerprint density at radius 3 is 2.61 bits per heavy atom. The highest BCUT2D eigenvalue weighted by Gasteiger charge is 2.25. The van der Waals surface area contributed by atoms with Crippen LogP contribution < -0.4 is 14.4 Å². The Morgan fingerprint density at radius 2 is 1.93 bits per heavy atom. The van der Waals surface area contributed by atoms with E-state index in [4.69, 9.17) is 9.47 Å². The van der Waals surface area contributed by atoms with E-state index in [0.717, 1.165) is 37.1 Å². The number of fused-ring (bicyclic) bond motifs is 1. The van der Waals surface area contributed by atoms with Crippen molar-refractivity contribution < 1.29 is 14.3 Å². The lowest BCUT2D eigenvalue weighted by Crippen LogP contribution is -2.36. The van der Waals surface area contributed by atoms with Gasteiger partial charge in [-0.15, -0.1) is 0 Å². The molecule has 7 nitrogen and oxygen atoms in total. The fraction of sp³-hybridized carbons (Fsp3) is 0.476. The third kappa shape index (κ3) is 4.18. The minimum absolute atomic E-state index is 0.0759. The van der Waals surface area contributed by atoms with Gasteiger partial charge in [-0.05, 0) is 42.2 Å². The van der Waals surface area contributed by atoms with Gasteiger partial charge in [0.1, 0.15) is 5.69 Å². The monoisotopic (exact) mass is 384 g/mol. The number of carbonyl (C=O) groups is 1. The summed E-state index contributed by atoms with van der Waals surface area (Å²) in [5, 5.41) is 0. The zero-order chi connectivity index (χ0) is 20.1. The van der Waals surface area contributed by atoms with E-state index in [-0.39, 0.29) is 5.91 Å². The van der Waals surface area contributed by atoms with Crippen LogP contribution in [0.2, 0.25) is 0 Å². The summed E-state index contributed by atoms with van der Waals surface area (Å²) >= 11 is 0. The number of carbonyl (C=O) groups excluding carboxylic acids is 1. The molecule has 0 unspecified atom stereocenters. The lowest BCUT2D eigenvalue weighted by molar-refractivity contribution is 0.0728. The minimum Gasteiger partial charge on any atom is -0.493 e. The molecule has 2 aromatic rings. The second kappa shape index (κ2) is 8.91. The van der Waals surface area contributed by atoms with Crippen LogP contribution in [0, 0.1) is 0 Å². The molecule has 0 saturated carbocycles. The van der Waals surface area contributed by atoms with Crippen LogP contribution in [0.1, 0.15) is 41.4 Å². The summed E-state index contributed by atoms with van der Waals surface area (Å²) in [4.78, 5) is 25.7. The lowest BCUT2D eigenvalue weighted by atomic mass is 9.98. The number of ether oxygens (including phenoxy) is 2. The highest BCUT2D eigenvalue weighted by molar-refractivity contribution is 5.92. The molecule has 0 N–H and O–H groups in total. The summed E-state index contributed by atoms with van der Waals surface area (Å²) in [6.45, 7) is 4.19. The van der Waals surface area contributed by atoms with Gasteiger partial charge in [-0.2, -0.15) is 0 Å². The van der Waals surface area contributed by atoms with Crippen molar-refractivity contribution in [1.29, 1.82) is 0 Å². The van der Waals surface area contributed by atoms with Crippen molar-refractivity contribution >= 4 is 11.9 Å². The maximum Gasteiger partial charge on any atom is 0.272 e. The molecule has 1 aliphatic heterocycles. The third-order valence-electron chi connectivity index (χ3n) is 5.06. The lowest BCUT2D eigenvalue weighted by Gasteiger charge is -2.29. The van der Waals surface area contributed by atoms with Gasteiger partial charge in [0.05, 0.1) is 14.2 Å². The number of unbranched alkanes of at least 4 members (excludes halogenated alkanes) is 1. The summed E-state index contributed by atoms with van der Waals surface area (Å²) in [6, 6.07) is 5.64. The fourth-order valence-corrected chi connectivity index (χ4v) is 3.37. The molecule has 0 atom stereocenters. The second-order valence-corrected chi connectivity index (χ2v) is 6.97. The third-order valence-corrected chi connectivity index (χ3v) is 5.06. The van der Waals surface area contributed by atoms with Crippen LogP contribution in [-0.2, 0) is 13.0 Å². The highest BCUT2D eigenvalue weighted by atomic mass is 16.5. The first kappa shape index (κ1) is 19.9. The molecule has 7 heteroatoms. The molecule has 28 heavy (non-hydrogen) atoms. The van der Waals surface area contributed by atoms with E-state index < -0.39 is 0 Å². The van der Waals surface area contributed by atoms with Gasteiger partial charge in [-0.25, -0.2) is 9.97 Å². The van der Waals surface area contributed by atoms with Crippen LogP contribution in [0.5, 0.6) is 11.5 Å². The molecule has 2 heterocycles. The van der Waals surface area contributed by atoms with Crippen LogP contribution in [-0.4, -0.2) is 55.1 Å². The van der Waals surface area contributed by atoms with Gasteiger partial charge >= 0.3 is 0 Å². The van der Waals surface area contributed by atoms with E-state index >= 15 is 0 Å². The standard InChI is InChI=1S/C21H28N4O3/c1-5-6-10-24(2)21-22-9-7-17(23-21)20(26)25-11-8-15-12-18(27-3)19(28-4)13-16(15)14-25/h7,9,12-13H,5-6,8,10-11,14H2,1-4H3. The molecule has 0 fully saturated rings. The summed E-state index contributed by atoms with van der Waals surface area (Å²) in [6.07, 6.45) is 4.59. The molecule has 1 aromatic heterocycles. The van der Waals surface area contributed by atoms with Gasteiger partial charge in [0, 0.05) is 32.9 Å². The van der Waals surface area contributed by atoms with E-state index in [1.165, 1.54) is 5.56 Å². The Kier molecular flexibility index (Phi) is 6.34. The van der Waals surface area contributed by atoms with Gasteiger partial charge in [0.25, 0.3) is 5.91 Å². The zero-order valence-electron chi connectivity index (χ0n) is 17.1. The minimum atomic E-state index is -0.0759. The molecule has 0 aliphatic carbocycles. The van der Waals surface area contributed by atoms with Crippen LogP contribution in [0.15, 0.2) is 24.4 Å². The van der Waals surface area contributed by atoms with Crippen LogP contribution in [0.25, 0.3) is 0 Å². The quantitative estimate of drug-likeness (QED) is 0.731. The van der Waals surface area contributed by atoms with E-state index in [0.29, 0.717) is 30.5 Å². The smallest absolute Gasteiger partial charge is 0.272 e. The number of amides is 1. The molecule has 0 saturated heterocycles. The number of methoxy groups -OCH3 is 2. The van der Waals surface area contributed by atoms with Crippen molar-refractivity contribution in [3.8, 4) is 11.5 Å². The summed E-state index contributed by atoms with van der Waals surface area (Å²) in [7, 11) is 5.20. The van der Waals surface area contributed by atoms with Gasteiger partial charge in [0.2, 0.25) is 5.95 Å². The average molecular weight is 384 g/mol. The first-order chi connectivity index (χ1) is 13.6. The first-order valence-corrected chi connectivity index (χ1v) is 9.64. The van der Waals surface area contributed by atoms with E-state index in [1.54, 1.807) is 26.5 Å². The van der Waals surface area contributed by atoms with Crippen molar-refractivity contribution in [3.63, 3.8) is 0 Å². The summed E-state index contributed by atoms with van der Waals surface area (Å²) < 4.78 is 10.8. The SMILES string of the molecule is CCCCN(C)c1nccc(C(=O)N2CCc3cc(OC)c(OC)cc3C2)n1. The zero-order valence-corrected chi connectivity index (χ0v) is 17.1. The highest BCUT2D eigenvalue weighted by Crippen LogP contribution is 2.33. The van der Waals surface area contributed by atoms with Crippen LogP contribution in [0.4, 0.5) is 5.95 Å². The largest absolute Gasteiger partial charge is 0.493 e. The number of benzene rings is 1. The number of aromatic nitrogens is 2. The Bertz CT molecular complexity index is 840. The predicted octanol–water partition coefficient (Wildman–Crippen LogP) is 2.93. The molecule has 0 radical (unpaired) electrons. The number of anilines is 1. The van der Waals surface area contributed by atoms with E-state index in [9.17, 15) is 4.79 Å². The Morgan fingerprint density at radius 1 is 1.21 bits per heavy atom. The van der Waals surface area contributed by atoms with Gasteiger partial charge < -0.3 is 19.3 Å². The van der Waals surface area contributed by atoms with Crippen molar-refractivity contribution in [2.24, 2.45) is 0 Å². The van der Waals surface area contributed by atoms with Gasteiger partial charge in [-0.1, -0.05) is 13.3 Å². The van der Waals surface area contributed by atoms with E-state index in [1.807, 2.05) is 29.0 Å². The Labute approximate surface area is 166 Å². The number of hydrogen-bond donors (Lipinski definition) is 0. The van der Waals surface area contributed by atoms with Crippen LogP contribution >= 0.6 is 0 Å². The van der Waals surface area contributed by atoms with Gasteiger partial charge in [0.15, 0.2) is 11.5 Å². The molecule has 150 valence electrons. The normalized spacial score (nSPS) is 13.1. The maximum absolute atomic E-state index is 13.0. The maximum atomic E-state index is 13.0. The topological polar surface area (TPSA) is 67.8 Å². The molecular weight excluding hydrogens is 356 g/mol. The van der Waals surface area contributed by atoms with Crippen molar-refractivity contribution in [1.82, 2.24) is 14.9 Å².